The minimum absolute atomic E-state index is 0.0500. The first-order chi connectivity index (χ1) is 18.3. The van der Waals surface area contributed by atoms with Gasteiger partial charge in [-0.3, -0.25) is 9.59 Å². The largest absolute Gasteiger partial charge is 0.618 e. The summed E-state index contributed by atoms with van der Waals surface area (Å²) in [6.07, 6.45) is -3.33. The van der Waals surface area contributed by atoms with Crippen LogP contribution in [0.25, 0.3) is 11.1 Å². The lowest BCUT2D eigenvalue weighted by molar-refractivity contribution is -0.611. The highest BCUT2D eigenvalue weighted by Crippen LogP contribution is 2.39. The summed E-state index contributed by atoms with van der Waals surface area (Å²) in [6, 6.07) is 4.62. The summed E-state index contributed by atoms with van der Waals surface area (Å²) in [6.45, 7) is 2.77. The quantitative estimate of drug-likeness (QED) is 0.249. The first kappa shape index (κ1) is 28.0. The summed E-state index contributed by atoms with van der Waals surface area (Å²) in [5.41, 5.74) is -0.914. The average Bonchev–Trinajstić information content (AvgIpc) is 3.29. The summed E-state index contributed by atoms with van der Waals surface area (Å²) in [7, 11) is 0. The Morgan fingerprint density at radius 1 is 1.18 bits per heavy atom. The van der Waals surface area contributed by atoms with Gasteiger partial charge in [-0.2, -0.15) is 17.9 Å². The van der Waals surface area contributed by atoms with Crippen LogP contribution in [0.3, 0.4) is 0 Å². The van der Waals surface area contributed by atoms with Crippen molar-refractivity contribution in [2.45, 2.75) is 57.7 Å². The van der Waals surface area contributed by atoms with Crippen LogP contribution < -0.4 is 15.4 Å². The predicted octanol–water partition coefficient (Wildman–Crippen LogP) is 5.17. The van der Waals surface area contributed by atoms with Crippen LogP contribution in [0.2, 0.25) is 0 Å². The van der Waals surface area contributed by atoms with Crippen molar-refractivity contribution in [3.63, 3.8) is 0 Å². The Morgan fingerprint density at radius 2 is 1.87 bits per heavy atom. The van der Waals surface area contributed by atoms with E-state index in [2.05, 4.69) is 15.8 Å². The lowest BCUT2D eigenvalue weighted by Gasteiger charge is -2.34. The van der Waals surface area contributed by atoms with Gasteiger partial charge in [0.15, 0.2) is 11.9 Å². The molecule has 0 bridgehead atoms. The molecular weight excluding hydrogens is 527 g/mol. The Kier molecular flexibility index (Phi) is 7.62. The van der Waals surface area contributed by atoms with Crippen molar-refractivity contribution in [1.29, 1.82) is 0 Å². The van der Waals surface area contributed by atoms with Crippen molar-refractivity contribution >= 4 is 17.5 Å². The molecule has 2 N–H and O–H groups in total. The molecule has 4 rings (SSSR count). The number of halogens is 5. The van der Waals surface area contributed by atoms with Crippen LogP contribution >= 0.6 is 0 Å². The van der Waals surface area contributed by atoms with E-state index in [1.54, 1.807) is 0 Å². The molecule has 3 aromatic rings. The molecule has 208 valence electrons. The third-order valence-electron chi connectivity index (χ3n) is 6.80. The highest BCUT2D eigenvalue weighted by molar-refractivity contribution is 6.01. The fourth-order valence-electron chi connectivity index (χ4n) is 4.81. The topological polar surface area (TPSA) is 111 Å². The third kappa shape index (κ3) is 6.18. The Morgan fingerprint density at radius 3 is 2.46 bits per heavy atom. The van der Waals surface area contributed by atoms with Gasteiger partial charge in [0.25, 0.3) is 5.91 Å². The minimum Gasteiger partial charge on any atom is -0.618 e. The Labute approximate surface area is 219 Å². The Bertz CT molecular complexity index is 1370. The zero-order chi connectivity index (χ0) is 28.5. The van der Waals surface area contributed by atoms with Gasteiger partial charge in [-0.25, -0.2) is 8.78 Å². The number of hydrogen-bond donors (Lipinski definition) is 2. The van der Waals surface area contributed by atoms with Crippen LogP contribution in [0.15, 0.2) is 47.3 Å². The lowest BCUT2D eigenvalue weighted by Crippen LogP contribution is -2.50. The number of nitrogens with zero attached hydrogens (tertiary/aromatic N) is 2. The molecule has 13 heteroatoms. The second-order valence-electron chi connectivity index (χ2n) is 9.56. The van der Waals surface area contributed by atoms with Crippen LogP contribution in [-0.2, 0) is 11.0 Å². The minimum atomic E-state index is -4.71. The maximum absolute atomic E-state index is 14.2. The molecule has 39 heavy (non-hydrogen) atoms. The van der Waals surface area contributed by atoms with Gasteiger partial charge in [-0.1, -0.05) is 17.3 Å². The molecule has 0 unspecified atom stereocenters. The second-order valence-corrected chi connectivity index (χ2v) is 9.56. The average molecular weight is 553 g/mol. The smallest absolute Gasteiger partial charge is 0.417 e. The molecule has 1 aliphatic carbocycles. The highest BCUT2D eigenvalue weighted by atomic mass is 19.4. The standard InChI is InChI=1S/C26H25F5N4O4/c1-14-19(13-39-34-14)23(36)33-22(17-4-3-10-25(27,28)12-17)24(37)32-18-7-5-16(6-8-18)21-15(2)35(38)11-9-20(21)26(29,30)31/h5-9,11,13,17,22H,3-4,10,12H2,1-2H3,(H,32,37)(H,33,36)/t17-,22+/m1/s1. The molecule has 0 spiro atoms. The number of alkyl halides is 5. The zero-order valence-electron chi connectivity index (χ0n) is 20.9. The Balaban J connectivity index is 1.59. The van der Waals surface area contributed by atoms with Crippen molar-refractivity contribution in [3.8, 4) is 11.1 Å². The fourth-order valence-corrected chi connectivity index (χ4v) is 4.81. The number of carbonyl (C=O) groups is 2. The van der Waals surface area contributed by atoms with Crippen molar-refractivity contribution in [3.05, 3.63) is 70.5 Å². The summed E-state index contributed by atoms with van der Waals surface area (Å²) < 4.78 is 74.2. The van der Waals surface area contributed by atoms with E-state index in [4.69, 9.17) is 4.52 Å². The number of carbonyl (C=O) groups excluding carboxylic acids is 2. The molecule has 8 nitrogen and oxygen atoms in total. The first-order valence-corrected chi connectivity index (χ1v) is 12.1. The SMILES string of the molecule is Cc1nocc1C(=O)N[C@H](C(=O)Nc1ccc(-c2c(C(F)(F)F)cc[n+]([O-])c2C)cc1)[C@@H]1CCCC(F)(F)C1. The van der Waals surface area contributed by atoms with E-state index in [-0.39, 0.29) is 53.0 Å². The van der Waals surface area contributed by atoms with Crippen molar-refractivity contribution in [2.24, 2.45) is 5.92 Å². The first-order valence-electron chi connectivity index (χ1n) is 12.1. The van der Waals surface area contributed by atoms with Gasteiger partial charge < -0.3 is 20.4 Å². The third-order valence-corrected chi connectivity index (χ3v) is 6.80. The van der Waals surface area contributed by atoms with Gasteiger partial charge in [0, 0.05) is 31.5 Å². The van der Waals surface area contributed by atoms with E-state index in [0.29, 0.717) is 10.8 Å². The van der Waals surface area contributed by atoms with Gasteiger partial charge in [0.1, 0.15) is 17.9 Å². The van der Waals surface area contributed by atoms with Crippen LogP contribution in [0.1, 0.15) is 53.0 Å². The van der Waals surface area contributed by atoms with Crippen LogP contribution in [-0.4, -0.2) is 28.9 Å². The maximum atomic E-state index is 14.2. The summed E-state index contributed by atoms with van der Waals surface area (Å²) >= 11 is 0. The summed E-state index contributed by atoms with van der Waals surface area (Å²) in [5, 5.41) is 20.6. The molecule has 1 fully saturated rings. The van der Waals surface area contributed by atoms with Crippen LogP contribution in [0.4, 0.5) is 27.6 Å². The molecule has 0 saturated heterocycles. The molecule has 2 heterocycles. The monoisotopic (exact) mass is 552 g/mol. The lowest BCUT2D eigenvalue weighted by atomic mass is 9.81. The van der Waals surface area contributed by atoms with Crippen molar-refractivity contribution in [1.82, 2.24) is 10.5 Å². The fraction of sp³-hybridized carbons (Fsp3) is 0.385. The van der Waals surface area contributed by atoms with E-state index < -0.39 is 47.9 Å². The molecule has 1 aliphatic rings. The summed E-state index contributed by atoms with van der Waals surface area (Å²) in [5.74, 6) is -5.35. The van der Waals surface area contributed by atoms with E-state index in [1.165, 1.54) is 38.1 Å². The normalized spacial score (nSPS) is 17.9. The second kappa shape index (κ2) is 10.6. The van der Waals surface area contributed by atoms with Crippen molar-refractivity contribution in [2.75, 3.05) is 5.32 Å². The molecule has 1 aromatic carbocycles. The number of pyridine rings is 1. The molecule has 2 atom stereocenters. The van der Waals surface area contributed by atoms with Gasteiger partial charge in [-0.05, 0) is 43.4 Å². The summed E-state index contributed by atoms with van der Waals surface area (Å²) in [4.78, 5) is 26.0. The number of hydrogen-bond acceptors (Lipinski definition) is 5. The molecule has 2 amide bonds. The van der Waals surface area contributed by atoms with Gasteiger partial charge in [0.05, 0.1) is 16.8 Å². The van der Waals surface area contributed by atoms with E-state index in [1.807, 2.05) is 0 Å². The van der Waals surface area contributed by atoms with E-state index >= 15 is 0 Å². The van der Waals surface area contributed by atoms with Gasteiger partial charge in [-0.15, -0.1) is 0 Å². The van der Waals surface area contributed by atoms with Crippen molar-refractivity contribution < 1.29 is 40.8 Å². The predicted molar refractivity (Wildman–Crippen MR) is 129 cm³/mol. The number of aryl methyl sites for hydroxylation is 1. The van der Waals surface area contributed by atoms with E-state index in [0.717, 1.165) is 12.5 Å². The molecule has 0 aliphatic heterocycles. The highest BCUT2D eigenvalue weighted by Gasteiger charge is 2.42. The molecule has 2 aromatic heterocycles. The van der Waals surface area contributed by atoms with Crippen LogP contribution in [0, 0.1) is 25.0 Å². The number of rotatable bonds is 6. The number of benzene rings is 1. The number of amides is 2. The van der Waals surface area contributed by atoms with Gasteiger partial charge >= 0.3 is 6.18 Å². The molecule has 0 radical (unpaired) electrons. The molecular formula is C26H25F5N4O4. The van der Waals surface area contributed by atoms with Crippen LogP contribution in [0.5, 0.6) is 0 Å². The number of nitrogens with one attached hydrogen (secondary N) is 2. The van der Waals surface area contributed by atoms with Gasteiger partial charge in [0.2, 0.25) is 11.8 Å². The number of aromatic nitrogens is 2. The zero-order valence-corrected chi connectivity index (χ0v) is 20.9. The number of anilines is 1. The van der Waals surface area contributed by atoms with E-state index in [9.17, 15) is 36.7 Å². The molecule has 1 saturated carbocycles. The maximum Gasteiger partial charge on any atom is 0.417 e. The Hall–Kier alpha value is -4.03.